The van der Waals surface area contributed by atoms with Crippen molar-refractivity contribution in [1.82, 2.24) is 0 Å². The van der Waals surface area contributed by atoms with Crippen LogP contribution in [0, 0.1) is 0 Å². The summed E-state index contributed by atoms with van der Waals surface area (Å²) >= 11 is 1.35. The minimum atomic E-state index is -0.326. The van der Waals surface area contributed by atoms with E-state index in [0.29, 0.717) is 22.1 Å². The van der Waals surface area contributed by atoms with E-state index >= 15 is 0 Å². The van der Waals surface area contributed by atoms with Crippen LogP contribution in [0.5, 0.6) is 11.5 Å². The van der Waals surface area contributed by atoms with Gasteiger partial charge in [-0.2, -0.15) is 0 Å². The summed E-state index contributed by atoms with van der Waals surface area (Å²) in [6.45, 7) is 0.223. The second-order valence-corrected chi connectivity index (χ2v) is 7.03. The van der Waals surface area contributed by atoms with Gasteiger partial charge >= 0.3 is 5.97 Å². The van der Waals surface area contributed by atoms with Crippen molar-refractivity contribution < 1.29 is 19.0 Å². The van der Waals surface area contributed by atoms with Crippen LogP contribution in [0.4, 0.5) is 5.00 Å². The van der Waals surface area contributed by atoms with Crippen LogP contribution >= 0.6 is 11.3 Å². The quantitative estimate of drug-likeness (QED) is 0.844. The molecule has 0 saturated heterocycles. The fraction of sp³-hybridized carbons (Fsp3) is 0.389. The van der Waals surface area contributed by atoms with Crippen LogP contribution in [0.2, 0.25) is 0 Å². The predicted octanol–water partition coefficient (Wildman–Crippen LogP) is 4.22. The Morgan fingerprint density at radius 1 is 1.17 bits per heavy atom. The number of carbonyl (C=O) groups excluding carboxylic acids is 1. The zero-order chi connectivity index (χ0) is 16.5. The van der Waals surface area contributed by atoms with Gasteiger partial charge in [0.2, 0.25) is 6.79 Å². The summed E-state index contributed by atoms with van der Waals surface area (Å²) in [6, 6.07) is 5.63. The Bertz CT molecular complexity index is 764. The second-order valence-electron chi connectivity index (χ2n) is 6.12. The lowest BCUT2D eigenvalue weighted by Crippen LogP contribution is -2.21. The number of ether oxygens (including phenoxy) is 3. The summed E-state index contributed by atoms with van der Waals surface area (Å²) in [5, 5.41) is 2.38. The first kappa shape index (κ1) is 15.3. The lowest BCUT2D eigenvalue weighted by atomic mass is 9.97. The number of hydrogen-bond acceptors (Lipinski definition) is 6. The molecule has 24 heavy (non-hydrogen) atoms. The minimum absolute atomic E-state index is 0.00940. The molecule has 0 radical (unpaired) electrons. The van der Waals surface area contributed by atoms with Crippen LogP contribution in [-0.2, 0) is 4.74 Å². The molecule has 4 rings (SSSR count). The zero-order valence-electron chi connectivity index (χ0n) is 13.2. The van der Waals surface area contributed by atoms with Crippen molar-refractivity contribution in [2.45, 2.75) is 38.2 Å². The zero-order valence-corrected chi connectivity index (χ0v) is 14.1. The molecule has 126 valence electrons. The highest BCUT2D eigenvalue weighted by Crippen LogP contribution is 2.40. The largest absolute Gasteiger partial charge is 0.459 e. The lowest BCUT2D eigenvalue weighted by molar-refractivity contribution is 0.0214. The van der Waals surface area contributed by atoms with Gasteiger partial charge in [0.1, 0.15) is 16.7 Å². The number of carbonyl (C=O) groups is 1. The van der Waals surface area contributed by atoms with Gasteiger partial charge < -0.3 is 19.9 Å². The van der Waals surface area contributed by atoms with E-state index in [1.54, 1.807) is 0 Å². The fourth-order valence-electron chi connectivity index (χ4n) is 3.25. The van der Waals surface area contributed by atoms with Crippen LogP contribution < -0.4 is 15.2 Å². The molecule has 1 fully saturated rings. The van der Waals surface area contributed by atoms with Crippen molar-refractivity contribution in [2.75, 3.05) is 12.5 Å². The molecule has 5 nitrogen and oxygen atoms in total. The molecule has 0 amide bonds. The van der Waals surface area contributed by atoms with Crippen LogP contribution in [0.15, 0.2) is 23.6 Å². The summed E-state index contributed by atoms with van der Waals surface area (Å²) in [5.74, 6) is 1.07. The van der Waals surface area contributed by atoms with E-state index in [9.17, 15) is 4.79 Å². The van der Waals surface area contributed by atoms with E-state index < -0.39 is 0 Å². The van der Waals surface area contributed by atoms with Gasteiger partial charge in [-0.15, -0.1) is 11.3 Å². The molecule has 2 aromatic rings. The molecule has 6 heteroatoms. The van der Waals surface area contributed by atoms with E-state index in [4.69, 9.17) is 19.9 Å². The van der Waals surface area contributed by atoms with Gasteiger partial charge in [0.25, 0.3) is 0 Å². The molecule has 0 unspecified atom stereocenters. The van der Waals surface area contributed by atoms with E-state index in [-0.39, 0.29) is 18.9 Å². The fourth-order valence-corrected chi connectivity index (χ4v) is 4.06. The van der Waals surface area contributed by atoms with Gasteiger partial charge in [0, 0.05) is 10.9 Å². The summed E-state index contributed by atoms with van der Waals surface area (Å²) in [5.41, 5.74) is 8.19. The number of thiophene rings is 1. The molecule has 1 aliphatic heterocycles. The Hall–Kier alpha value is -2.21. The Labute approximate surface area is 144 Å². The molecule has 0 bridgehead atoms. The molecule has 0 atom stereocenters. The van der Waals surface area contributed by atoms with Gasteiger partial charge in [-0.3, -0.25) is 0 Å². The minimum Gasteiger partial charge on any atom is -0.459 e. The summed E-state index contributed by atoms with van der Waals surface area (Å²) in [6.07, 6.45) is 5.34. The monoisotopic (exact) mass is 345 g/mol. The first-order valence-electron chi connectivity index (χ1n) is 8.20. The van der Waals surface area contributed by atoms with Crippen molar-refractivity contribution in [3.63, 3.8) is 0 Å². The van der Waals surface area contributed by atoms with E-state index in [2.05, 4.69) is 0 Å². The van der Waals surface area contributed by atoms with Gasteiger partial charge in [0.15, 0.2) is 11.5 Å². The molecule has 2 heterocycles. The van der Waals surface area contributed by atoms with Crippen LogP contribution in [0.1, 0.15) is 42.5 Å². The normalized spacial score (nSPS) is 17.0. The first-order valence-corrected chi connectivity index (χ1v) is 9.08. The van der Waals surface area contributed by atoms with Crippen molar-refractivity contribution in [3.05, 3.63) is 29.1 Å². The van der Waals surface area contributed by atoms with Crippen molar-refractivity contribution in [3.8, 4) is 22.6 Å². The average Bonchev–Trinajstić information content (AvgIpc) is 3.21. The highest BCUT2D eigenvalue weighted by Gasteiger charge is 2.25. The second kappa shape index (κ2) is 6.36. The van der Waals surface area contributed by atoms with E-state index in [1.165, 1.54) is 17.8 Å². The van der Waals surface area contributed by atoms with Gasteiger partial charge in [-0.05, 0) is 43.4 Å². The topological polar surface area (TPSA) is 70.8 Å². The predicted molar refractivity (Wildman–Crippen MR) is 92.6 cm³/mol. The first-order chi connectivity index (χ1) is 11.7. The Morgan fingerprint density at radius 3 is 2.79 bits per heavy atom. The molecular formula is C18H19NO4S. The third-order valence-electron chi connectivity index (χ3n) is 4.53. The maximum atomic E-state index is 12.7. The molecule has 1 saturated carbocycles. The number of rotatable bonds is 3. The SMILES string of the molecule is Nc1scc(-c2ccc3c(c2)OCO3)c1C(=O)OC1CCCCC1. The van der Waals surface area contributed by atoms with Crippen LogP contribution in [0.3, 0.4) is 0 Å². The van der Waals surface area contributed by atoms with Gasteiger partial charge in [-0.25, -0.2) is 4.79 Å². The number of hydrogen-bond donors (Lipinski definition) is 1. The standard InChI is InChI=1S/C18H19NO4S/c19-17-16(18(20)23-12-4-2-1-3-5-12)13(9-24-17)11-6-7-14-15(8-11)22-10-21-14/h6-9,12H,1-5,10,19H2. The lowest BCUT2D eigenvalue weighted by Gasteiger charge is -2.22. The molecular weight excluding hydrogens is 326 g/mol. The van der Waals surface area contributed by atoms with Crippen molar-refractivity contribution in [2.24, 2.45) is 0 Å². The molecule has 0 spiro atoms. The average molecular weight is 345 g/mol. The van der Waals surface area contributed by atoms with Crippen LogP contribution in [0.25, 0.3) is 11.1 Å². The molecule has 1 aromatic heterocycles. The highest BCUT2D eigenvalue weighted by atomic mass is 32.1. The molecule has 1 aliphatic carbocycles. The summed E-state index contributed by atoms with van der Waals surface area (Å²) in [4.78, 5) is 12.7. The molecule has 2 aliphatic rings. The van der Waals surface area contributed by atoms with Crippen molar-refractivity contribution >= 4 is 22.3 Å². The maximum absolute atomic E-state index is 12.7. The third kappa shape index (κ3) is 2.82. The van der Waals surface area contributed by atoms with E-state index in [0.717, 1.165) is 36.8 Å². The number of benzene rings is 1. The summed E-state index contributed by atoms with van der Waals surface area (Å²) in [7, 11) is 0. The maximum Gasteiger partial charge on any atom is 0.342 e. The number of nitrogens with two attached hydrogens (primary N) is 1. The smallest absolute Gasteiger partial charge is 0.342 e. The van der Waals surface area contributed by atoms with E-state index in [1.807, 2.05) is 23.6 Å². The number of fused-ring (bicyclic) bond motifs is 1. The van der Waals surface area contributed by atoms with Gasteiger partial charge in [-0.1, -0.05) is 12.5 Å². The number of esters is 1. The summed E-state index contributed by atoms with van der Waals surface area (Å²) < 4.78 is 16.5. The number of nitrogen functional groups attached to an aromatic ring is 1. The third-order valence-corrected chi connectivity index (χ3v) is 5.34. The molecule has 2 N–H and O–H groups in total. The van der Waals surface area contributed by atoms with Crippen molar-refractivity contribution in [1.29, 1.82) is 0 Å². The number of anilines is 1. The molecule has 1 aromatic carbocycles. The van der Waals surface area contributed by atoms with Crippen LogP contribution in [-0.4, -0.2) is 18.9 Å². The Morgan fingerprint density at radius 2 is 1.96 bits per heavy atom. The Balaban J connectivity index is 1.62. The Kier molecular flexibility index (Phi) is 4.06. The highest BCUT2D eigenvalue weighted by molar-refractivity contribution is 7.14. The van der Waals surface area contributed by atoms with Gasteiger partial charge in [0.05, 0.1) is 0 Å².